The quantitative estimate of drug-likeness (QED) is 0.664. The number of nitrogens with two attached hydrogens (primary N) is 1. The molecule has 0 bridgehead atoms. The Bertz CT molecular complexity index is 931. The van der Waals surface area contributed by atoms with Crippen molar-refractivity contribution >= 4 is 23.3 Å². The molecule has 1 nitrogen and oxygen atoms in total. The van der Waals surface area contributed by atoms with Crippen LogP contribution in [0.1, 0.15) is 34.2 Å². The van der Waals surface area contributed by atoms with Crippen molar-refractivity contribution in [3.05, 3.63) is 107 Å². The van der Waals surface area contributed by atoms with Gasteiger partial charge in [-0.25, -0.2) is 0 Å². The number of fused-ring (bicyclic) bond motifs is 1. The molecule has 0 fully saturated rings. The van der Waals surface area contributed by atoms with Crippen molar-refractivity contribution in [2.24, 2.45) is 5.73 Å². The molecular formula is C24H21N. The molecule has 0 saturated carbocycles. The summed E-state index contributed by atoms with van der Waals surface area (Å²) in [5, 5.41) is 0. The standard InChI is InChI=1S/C24H21N/c25-17-19-10-12-20(13-11-19)22-15-21-8-4-5-9-24(21)23(16-22)14-18-6-2-1-3-7-18/h1-15H,16-17,25H2/b23-14+. The fourth-order valence-electron chi connectivity index (χ4n) is 3.37. The molecule has 3 aromatic rings. The van der Waals surface area contributed by atoms with E-state index in [9.17, 15) is 0 Å². The van der Waals surface area contributed by atoms with E-state index in [0.29, 0.717) is 6.54 Å². The summed E-state index contributed by atoms with van der Waals surface area (Å²) >= 11 is 0. The predicted molar refractivity (Wildman–Crippen MR) is 108 cm³/mol. The van der Waals surface area contributed by atoms with E-state index in [1.54, 1.807) is 0 Å². The summed E-state index contributed by atoms with van der Waals surface area (Å²) in [4.78, 5) is 0. The van der Waals surface area contributed by atoms with Crippen LogP contribution in [0.2, 0.25) is 0 Å². The molecule has 1 aliphatic rings. The highest BCUT2D eigenvalue weighted by molar-refractivity contribution is 5.99. The van der Waals surface area contributed by atoms with Gasteiger partial charge < -0.3 is 5.73 Å². The Labute approximate surface area is 149 Å². The second-order valence-corrected chi connectivity index (χ2v) is 6.41. The fourth-order valence-corrected chi connectivity index (χ4v) is 3.37. The molecule has 3 aromatic carbocycles. The predicted octanol–water partition coefficient (Wildman–Crippen LogP) is 5.63. The van der Waals surface area contributed by atoms with Crippen molar-refractivity contribution in [2.45, 2.75) is 13.0 Å². The van der Waals surface area contributed by atoms with E-state index in [1.165, 1.54) is 39.0 Å². The van der Waals surface area contributed by atoms with Crippen LogP contribution < -0.4 is 5.73 Å². The van der Waals surface area contributed by atoms with Gasteiger partial charge in [-0.1, -0.05) is 91.0 Å². The smallest absolute Gasteiger partial charge is 0.0178 e. The van der Waals surface area contributed by atoms with Crippen LogP contribution in [0.25, 0.3) is 23.3 Å². The van der Waals surface area contributed by atoms with Gasteiger partial charge in [0.1, 0.15) is 0 Å². The fraction of sp³-hybridized carbons (Fsp3) is 0.0833. The lowest BCUT2D eigenvalue weighted by molar-refractivity contribution is 1.07. The molecule has 0 unspecified atom stereocenters. The highest BCUT2D eigenvalue weighted by atomic mass is 14.5. The van der Waals surface area contributed by atoms with Crippen LogP contribution in [-0.2, 0) is 6.54 Å². The third-order valence-corrected chi connectivity index (χ3v) is 4.72. The number of benzene rings is 3. The maximum absolute atomic E-state index is 5.73. The summed E-state index contributed by atoms with van der Waals surface area (Å²) in [6, 6.07) is 27.8. The maximum Gasteiger partial charge on any atom is 0.0178 e. The van der Waals surface area contributed by atoms with Gasteiger partial charge in [0.15, 0.2) is 0 Å². The van der Waals surface area contributed by atoms with Gasteiger partial charge in [0, 0.05) is 6.54 Å². The van der Waals surface area contributed by atoms with Gasteiger partial charge in [-0.15, -0.1) is 0 Å². The average molecular weight is 323 g/mol. The van der Waals surface area contributed by atoms with Crippen molar-refractivity contribution in [2.75, 3.05) is 0 Å². The van der Waals surface area contributed by atoms with E-state index in [1.807, 2.05) is 0 Å². The third kappa shape index (κ3) is 3.33. The highest BCUT2D eigenvalue weighted by Crippen LogP contribution is 2.38. The summed E-state index contributed by atoms with van der Waals surface area (Å²) in [6.07, 6.45) is 5.56. The second-order valence-electron chi connectivity index (χ2n) is 6.41. The molecule has 122 valence electrons. The SMILES string of the molecule is NCc1ccc(C2=Cc3ccccc3/C(=C/c3ccccc3)C2)cc1. The van der Waals surface area contributed by atoms with Gasteiger partial charge in [0.25, 0.3) is 0 Å². The van der Waals surface area contributed by atoms with E-state index in [4.69, 9.17) is 5.73 Å². The molecule has 0 radical (unpaired) electrons. The molecule has 0 saturated heterocycles. The average Bonchev–Trinajstić information content (AvgIpc) is 2.69. The van der Waals surface area contributed by atoms with Gasteiger partial charge in [0.05, 0.1) is 0 Å². The van der Waals surface area contributed by atoms with Gasteiger partial charge in [-0.05, 0) is 45.4 Å². The van der Waals surface area contributed by atoms with Crippen LogP contribution >= 0.6 is 0 Å². The first-order chi connectivity index (χ1) is 12.3. The van der Waals surface area contributed by atoms with Gasteiger partial charge >= 0.3 is 0 Å². The van der Waals surface area contributed by atoms with Crippen LogP contribution in [-0.4, -0.2) is 0 Å². The number of allylic oxidation sites excluding steroid dienone is 2. The largest absolute Gasteiger partial charge is 0.326 e. The van der Waals surface area contributed by atoms with Crippen molar-refractivity contribution in [3.63, 3.8) is 0 Å². The minimum absolute atomic E-state index is 0.585. The topological polar surface area (TPSA) is 26.0 Å². The third-order valence-electron chi connectivity index (χ3n) is 4.72. The Morgan fingerprint density at radius 2 is 1.52 bits per heavy atom. The zero-order valence-corrected chi connectivity index (χ0v) is 14.2. The second kappa shape index (κ2) is 6.92. The van der Waals surface area contributed by atoms with E-state index >= 15 is 0 Å². The Balaban J connectivity index is 1.78. The summed E-state index contributed by atoms with van der Waals surface area (Å²) in [5.74, 6) is 0. The van der Waals surface area contributed by atoms with Crippen molar-refractivity contribution < 1.29 is 0 Å². The molecular weight excluding hydrogens is 302 g/mol. The molecule has 25 heavy (non-hydrogen) atoms. The van der Waals surface area contributed by atoms with Gasteiger partial charge in [-0.3, -0.25) is 0 Å². The molecule has 1 heteroatoms. The Morgan fingerprint density at radius 1 is 0.800 bits per heavy atom. The first-order valence-electron chi connectivity index (χ1n) is 8.68. The van der Waals surface area contributed by atoms with Crippen molar-refractivity contribution in [1.82, 2.24) is 0 Å². The normalized spacial score (nSPS) is 14.9. The first kappa shape index (κ1) is 15.6. The molecule has 0 atom stereocenters. The van der Waals surface area contributed by atoms with Crippen molar-refractivity contribution in [1.29, 1.82) is 0 Å². The summed E-state index contributed by atoms with van der Waals surface area (Å²) < 4.78 is 0. The van der Waals surface area contributed by atoms with Crippen LogP contribution in [0.4, 0.5) is 0 Å². The van der Waals surface area contributed by atoms with E-state index < -0.39 is 0 Å². The molecule has 0 aliphatic heterocycles. The van der Waals surface area contributed by atoms with Crippen LogP contribution in [0.15, 0.2) is 78.9 Å². The minimum Gasteiger partial charge on any atom is -0.326 e. The first-order valence-corrected chi connectivity index (χ1v) is 8.68. The molecule has 0 spiro atoms. The Morgan fingerprint density at radius 3 is 2.28 bits per heavy atom. The maximum atomic E-state index is 5.73. The molecule has 0 heterocycles. The number of hydrogen-bond donors (Lipinski definition) is 1. The zero-order valence-electron chi connectivity index (χ0n) is 14.2. The lowest BCUT2D eigenvalue weighted by Gasteiger charge is -2.20. The van der Waals surface area contributed by atoms with Gasteiger partial charge in [0.2, 0.25) is 0 Å². The summed E-state index contributed by atoms with van der Waals surface area (Å²) in [7, 11) is 0. The molecule has 0 aromatic heterocycles. The van der Waals surface area contributed by atoms with Crippen molar-refractivity contribution in [3.8, 4) is 0 Å². The minimum atomic E-state index is 0.585. The molecule has 2 N–H and O–H groups in total. The molecule has 4 rings (SSSR count). The number of rotatable bonds is 3. The van der Waals surface area contributed by atoms with E-state index in [0.717, 1.165) is 6.42 Å². The molecule has 1 aliphatic carbocycles. The van der Waals surface area contributed by atoms with Crippen LogP contribution in [0.5, 0.6) is 0 Å². The lowest BCUT2D eigenvalue weighted by Crippen LogP contribution is -2.00. The number of hydrogen-bond acceptors (Lipinski definition) is 1. The monoisotopic (exact) mass is 323 g/mol. The lowest BCUT2D eigenvalue weighted by atomic mass is 9.84. The zero-order chi connectivity index (χ0) is 17.1. The van der Waals surface area contributed by atoms with E-state index in [-0.39, 0.29) is 0 Å². The van der Waals surface area contributed by atoms with Crippen LogP contribution in [0.3, 0.4) is 0 Å². The van der Waals surface area contributed by atoms with Crippen LogP contribution in [0, 0.1) is 0 Å². The highest BCUT2D eigenvalue weighted by Gasteiger charge is 2.16. The Kier molecular flexibility index (Phi) is 4.32. The van der Waals surface area contributed by atoms with E-state index in [2.05, 4.69) is 91.0 Å². The van der Waals surface area contributed by atoms with Gasteiger partial charge in [-0.2, -0.15) is 0 Å². The Hall–Kier alpha value is -2.90. The molecule has 0 amide bonds. The summed E-state index contributed by atoms with van der Waals surface area (Å²) in [6.45, 7) is 0.585. The summed E-state index contributed by atoms with van der Waals surface area (Å²) in [5.41, 5.74) is 14.7.